The number of unbranched alkanes of at least 4 members (excludes halogenated alkanes) is 40. The zero-order valence-corrected chi connectivity index (χ0v) is 45.6. The van der Waals surface area contributed by atoms with Gasteiger partial charge in [0.15, 0.2) is 6.10 Å². The topological polar surface area (TPSA) is 72.8 Å². The van der Waals surface area contributed by atoms with Crippen molar-refractivity contribution in [3.8, 4) is 0 Å². The number of aliphatic hydroxyl groups is 1. The van der Waals surface area contributed by atoms with Gasteiger partial charge < -0.3 is 14.6 Å². The summed E-state index contributed by atoms with van der Waals surface area (Å²) in [6.07, 6.45) is 78.8. The standard InChI is InChI=1S/C63H116O5/c1-3-5-7-9-11-13-15-17-18-19-20-21-22-23-24-25-26-27-28-29-30-31-32-33-34-35-36-37-38-39-40-41-42-43-44-46-47-49-51-53-55-57-62(65)67-60-61(59-64)68-63(66)58-56-54-52-50-48-45-16-14-12-10-8-6-4-2/h6,8,12,14,45,48,52,54,61,64H,3-5,7,9-11,13,15-44,46-47,49-51,53,55-60H2,1-2H3/b8-6-,14-12-,48-45-,54-52-. The van der Waals surface area contributed by atoms with E-state index in [2.05, 4.69) is 50.3 Å². The fourth-order valence-corrected chi connectivity index (χ4v) is 9.16. The lowest BCUT2D eigenvalue weighted by molar-refractivity contribution is -0.161. The first-order valence-electron chi connectivity index (χ1n) is 30.2. The van der Waals surface area contributed by atoms with Gasteiger partial charge in [-0.1, -0.05) is 319 Å². The Morgan fingerprint density at radius 1 is 0.353 bits per heavy atom. The monoisotopic (exact) mass is 953 g/mol. The van der Waals surface area contributed by atoms with Crippen molar-refractivity contribution in [3.63, 3.8) is 0 Å². The van der Waals surface area contributed by atoms with E-state index in [1.54, 1.807) is 0 Å². The normalized spacial score (nSPS) is 12.5. The molecule has 0 radical (unpaired) electrons. The fourth-order valence-electron chi connectivity index (χ4n) is 9.16. The van der Waals surface area contributed by atoms with Gasteiger partial charge in [0.25, 0.3) is 0 Å². The van der Waals surface area contributed by atoms with Gasteiger partial charge >= 0.3 is 11.9 Å². The summed E-state index contributed by atoms with van der Waals surface area (Å²) < 4.78 is 10.6. The molecule has 0 aliphatic heterocycles. The van der Waals surface area contributed by atoms with E-state index >= 15 is 0 Å². The first-order chi connectivity index (χ1) is 33.6. The molecule has 0 saturated heterocycles. The van der Waals surface area contributed by atoms with Crippen molar-refractivity contribution in [2.75, 3.05) is 13.2 Å². The number of rotatable bonds is 56. The molecular formula is C63H116O5. The summed E-state index contributed by atoms with van der Waals surface area (Å²) in [5.41, 5.74) is 0. The van der Waals surface area contributed by atoms with Gasteiger partial charge in [-0.25, -0.2) is 0 Å². The Morgan fingerprint density at radius 2 is 0.632 bits per heavy atom. The van der Waals surface area contributed by atoms with Crippen molar-refractivity contribution in [1.29, 1.82) is 0 Å². The highest BCUT2D eigenvalue weighted by molar-refractivity contribution is 5.70. The summed E-state index contributed by atoms with van der Waals surface area (Å²) in [5, 5.41) is 9.59. The van der Waals surface area contributed by atoms with E-state index in [1.165, 1.54) is 244 Å². The summed E-state index contributed by atoms with van der Waals surface area (Å²) in [6, 6.07) is 0. The van der Waals surface area contributed by atoms with Gasteiger partial charge in [0.05, 0.1) is 6.61 Å². The van der Waals surface area contributed by atoms with Gasteiger partial charge in [0.1, 0.15) is 6.61 Å². The third-order valence-corrected chi connectivity index (χ3v) is 13.7. The van der Waals surface area contributed by atoms with E-state index in [1.807, 2.05) is 12.2 Å². The van der Waals surface area contributed by atoms with E-state index in [-0.39, 0.29) is 31.6 Å². The van der Waals surface area contributed by atoms with Crippen LogP contribution in [0.25, 0.3) is 0 Å². The van der Waals surface area contributed by atoms with Crippen LogP contribution < -0.4 is 0 Å². The van der Waals surface area contributed by atoms with E-state index in [4.69, 9.17) is 9.47 Å². The minimum Gasteiger partial charge on any atom is -0.462 e. The van der Waals surface area contributed by atoms with E-state index in [0.717, 1.165) is 44.9 Å². The number of hydrogen-bond donors (Lipinski definition) is 1. The van der Waals surface area contributed by atoms with Crippen molar-refractivity contribution >= 4 is 11.9 Å². The number of carbonyl (C=O) groups excluding carboxylic acids is 2. The number of hydrogen-bond acceptors (Lipinski definition) is 5. The molecule has 5 nitrogen and oxygen atoms in total. The highest BCUT2D eigenvalue weighted by Crippen LogP contribution is 2.18. The Morgan fingerprint density at radius 3 is 0.926 bits per heavy atom. The summed E-state index contributed by atoms with van der Waals surface area (Å²) in [6.45, 7) is 3.99. The quantitative estimate of drug-likeness (QED) is 0.0374. The van der Waals surface area contributed by atoms with Crippen LogP contribution in [0.1, 0.15) is 322 Å². The molecule has 0 heterocycles. The maximum absolute atomic E-state index is 12.2. The van der Waals surface area contributed by atoms with Gasteiger partial charge in [-0.15, -0.1) is 0 Å². The molecule has 398 valence electrons. The average Bonchev–Trinajstić information content (AvgIpc) is 3.34. The predicted molar refractivity (Wildman–Crippen MR) is 297 cm³/mol. The summed E-state index contributed by atoms with van der Waals surface area (Å²) in [7, 11) is 0. The van der Waals surface area contributed by atoms with Gasteiger partial charge in [0.2, 0.25) is 0 Å². The largest absolute Gasteiger partial charge is 0.462 e. The van der Waals surface area contributed by atoms with Crippen LogP contribution in [0.15, 0.2) is 48.6 Å². The van der Waals surface area contributed by atoms with Crippen LogP contribution in [0.5, 0.6) is 0 Å². The lowest BCUT2D eigenvalue weighted by Gasteiger charge is -2.15. The molecule has 1 unspecified atom stereocenters. The molecule has 0 saturated carbocycles. The van der Waals surface area contributed by atoms with Crippen molar-refractivity contribution in [3.05, 3.63) is 48.6 Å². The summed E-state index contributed by atoms with van der Waals surface area (Å²) >= 11 is 0. The number of carbonyl (C=O) groups is 2. The minimum atomic E-state index is -0.809. The Balaban J connectivity index is 3.34. The molecule has 0 amide bonds. The van der Waals surface area contributed by atoms with Crippen molar-refractivity contribution in [2.45, 2.75) is 328 Å². The molecule has 1 atom stereocenters. The third-order valence-electron chi connectivity index (χ3n) is 13.7. The van der Waals surface area contributed by atoms with E-state index in [9.17, 15) is 14.7 Å². The maximum Gasteiger partial charge on any atom is 0.306 e. The molecule has 0 aliphatic carbocycles. The molecule has 0 aromatic rings. The lowest BCUT2D eigenvalue weighted by atomic mass is 10.0. The lowest BCUT2D eigenvalue weighted by Crippen LogP contribution is -2.28. The van der Waals surface area contributed by atoms with E-state index < -0.39 is 6.10 Å². The maximum atomic E-state index is 12.2. The molecule has 0 spiro atoms. The smallest absolute Gasteiger partial charge is 0.306 e. The Labute approximate surface area is 424 Å². The summed E-state index contributed by atoms with van der Waals surface area (Å²) in [5.74, 6) is -0.675. The van der Waals surface area contributed by atoms with Gasteiger partial charge in [-0.3, -0.25) is 9.59 Å². The van der Waals surface area contributed by atoms with Crippen LogP contribution in [0.4, 0.5) is 0 Å². The van der Waals surface area contributed by atoms with Crippen LogP contribution in [0.2, 0.25) is 0 Å². The Hall–Kier alpha value is -2.14. The fraction of sp³-hybridized carbons (Fsp3) is 0.841. The molecule has 1 N–H and O–H groups in total. The predicted octanol–water partition coefficient (Wildman–Crippen LogP) is 20.4. The molecule has 0 fully saturated rings. The molecule has 0 bridgehead atoms. The first-order valence-corrected chi connectivity index (χ1v) is 30.2. The highest BCUT2D eigenvalue weighted by Gasteiger charge is 2.16. The first kappa shape index (κ1) is 65.9. The Bertz CT molecular complexity index is 1120. The van der Waals surface area contributed by atoms with Crippen LogP contribution in [0.3, 0.4) is 0 Å². The number of esters is 2. The molecule has 0 aliphatic rings. The second kappa shape index (κ2) is 59.2. The highest BCUT2D eigenvalue weighted by atomic mass is 16.6. The van der Waals surface area contributed by atoms with Gasteiger partial charge in [0, 0.05) is 12.8 Å². The van der Waals surface area contributed by atoms with Crippen LogP contribution in [0, 0.1) is 0 Å². The SMILES string of the molecule is CC/C=C\C/C=C\C/C=C\C/C=C\CCC(=O)OC(CO)COC(=O)CCCCCCCCCCCCCCCCCCCCCCCCCCCCCCCCCCCCCCCCCCC. The second-order valence-corrected chi connectivity index (χ2v) is 20.4. The van der Waals surface area contributed by atoms with Crippen molar-refractivity contribution in [1.82, 2.24) is 0 Å². The molecule has 0 rings (SSSR count). The van der Waals surface area contributed by atoms with Gasteiger partial charge in [-0.2, -0.15) is 0 Å². The van der Waals surface area contributed by atoms with Gasteiger partial charge in [-0.05, 0) is 38.5 Å². The summed E-state index contributed by atoms with van der Waals surface area (Å²) in [4.78, 5) is 24.4. The third kappa shape index (κ3) is 56.4. The van der Waals surface area contributed by atoms with Crippen LogP contribution >= 0.6 is 0 Å². The number of ether oxygens (including phenoxy) is 2. The van der Waals surface area contributed by atoms with Crippen LogP contribution in [-0.4, -0.2) is 36.4 Å². The van der Waals surface area contributed by atoms with E-state index in [0.29, 0.717) is 12.8 Å². The van der Waals surface area contributed by atoms with Crippen LogP contribution in [-0.2, 0) is 19.1 Å². The molecule has 68 heavy (non-hydrogen) atoms. The zero-order valence-electron chi connectivity index (χ0n) is 45.6. The molecule has 5 heteroatoms. The average molecular weight is 954 g/mol. The zero-order chi connectivity index (χ0) is 49.2. The minimum absolute atomic E-state index is 0.0925. The van der Waals surface area contributed by atoms with Crippen molar-refractivity contribution < 1.29 is 24.2 Å². The Kier molecular flexibility index (Phi) is 57.3. The second-order valence-electron chi connectivity index (χ2n) is 20.4. The van der Waals surface area contributed by atoms with Crippen molar-refractivity contribution in [2.24, 2.45) is 0 Å². The number of allylic oxidation sites excluding steroid dienone is 8. The molecule has 0 aromatic carbocycles. The number of aliphatic hydroxyl groups excluding tert-OH is 1. The molecular weight excluding hydrogens is 837 g/mol. The molecule has 0 aromatic heterocycles.